The summed E-state index contributed by atoms with van der Waals surface area (Å²) in [4.78, 5) is 3.69. The molecule has 98 valence electrons. The molecule has 0 amide bonds. The first-order valence-electron chi connectivity index (χ1n) is 6.20. The molecule has 0 aliphatic carbocycles. The van der Waals surface area contributed by atoms with Crippen molar-refractivity contribution in [2.45, 2.75) is 26.6 Å². The SMILES string of the molecule is CCOC(CN(C)CCc1cccs1)OCC. The molecule has 0 saturated heterocycles. The Morgan fingerprint density at radius 1 is 1.29 bits per heavy atom. The summed E-state index contributed by atoms with van der Waals surface area (Å²) in [5, 5.41) is 2.12. The summed E-state index contributed by atoms with van der Waals surface area (Å²) in [5.74, 6) is 0. The second-order valence-electron chi connectivity index (χ2n) is 3.93. The summed E-state index contributed by atoms with van der Waals surface area (Å²) in [6.45, 7) is 7.26. The maximum atomic E-state index is 5.53. The Hall–Kier alpha value is -0.420. The van der Waals surface area contributed by atoms with Crippen LogP contribution in [0.25, 0.3) is 0 Å². The second kappa shape index (κ2) is 8.64. The Kier molecular flexibility index (Phi) is 7.44. The van der Waals surface area contributed by atoms with Gasteiger partial charge in [0.25, 0.3) is 0 Å². The fourth-order valence-corrected chi connectivity index (χ4v) is 2.33. The Bertz CT molecular complexity index is 271. The van der Waals surface area contributed by atoms with Crippen molar-refractivity contribution in [1.29, 1.82) is 0 Å². The monoisotopic (exact) mass is 257 g/mol. The molecule has 0 N–H and O–H groups in total. The second-order valence-corrected chi connectivity index (χ2v) is 4.96. The van der Waals surface area contributed by atoms with Gasteiger partial charge < -0.3 is 14.4 Å². The van der Waals surface area contributed by atoms with Gasteiger partial charge in [0.2, 0.25) is 0 Å². The Balaban J connectivity index is 2.23. The van der Waals surface area contributed by atoms with Crippen LogP contribution in [0.5, 0.6) is 0 Å². The van der Waals surface area contributed by atoms with Crippen LogP contribution < -0.4 is 0 Å². The van der Waals surface area contributed by atoms with Crippen molar-refractivity contribution in [2.75, 3.05) is 33.4 Å². The van der Waals surface area contributed by atoms with Crippen LogP contribution in [0.1, 0.15) is 18.7 Å². The largest absolute Gasteiger partial charge is 0.352 e. The van der Waals surface area contributed by atoms with E-state index in [0.717, 1.165) is 19.5 Å². The van der Waals surface area contributed by atoms with Crippen LogP contribution in [-0.4, -0.2) is 44.5 Å². The number of rotatable bonds is 9. The average molecular weight is 257 g/mol. The smallest absolute Gasteiger partial charge is 0.170 e. The first-order valence-corrected chi connectivity index (χ1v) is 7.08. The van der Waals surface area contributed by atoms with E-state index < -0.39 is 0 Å². The molecule has 0 aliphatic heterocycles. The fourth-order valence-electron chi connectivity index (χ4n) is 1.63. The van der Waals surface area contributed by atoms with Gasteiger partial charge >= 0.3 is 0 Å². The molecule has 0 bridgehead atoms. The van der Waals surface area contributed by atoms with Gasteiger partial charge in [-0.3, -0.25) is 0 Å². The van der Waals surface area contributed by atoms with Crippen LogP contribution in [0.4, 0.5) is 0 Å². The lowest BCUT2D eigenvalue weighted by atomic mass is 10.3. The first-order chi connectivity index (χ1) is 8.26. The van der Waals surface area contributed by atoms with E-state index in [9.17, 15) is 0 Å². The van der Waals surface area contributed by atoms with Crippen LogP contribution in [0.3, 0.4) is 0 Å². The first kappa shape index (κ1) is 14.6. The van der Waals surface area contributed by atoms with Gasteiger partial charge in [-0.25, -0.2) is 0 Å². The van der Waals surface area contributed by atoms with Crippen molar-refractivity contribution in [3.63, 3.8) is 0 Å². The fraction of sp³-hybridized carbons (Fsp3) is 0.692. The zero-order valence-corrected chi connectivity index (χ0v) is 11.8. The van der Waals surface area contributed by atoms with Crippen molar-refractivity contribution in [3.8, 4) is 0 Å². The minimum Gasteiger partial charge on any atom is -0.352 e. The maximum absolute atomic E-state index is 5.53. The molecule has 17 heavy (non-hydrogen) atoms. The standard InChI is InChI=1S/C13H23NO2S/c1-4-15-13(16-5-2)11-14(3)9-8-12-7-6-10-17-12/h6-7,10,13H,4-5,8-9,11H2,1-3H3. The van der Waals surface area contributed by atoms with Crippen molar-refractivity contribution >= 4 is 11.3 Å². The summed E-state index contributed by atoms with van der Waals surface area (Å²) >= 11 is 1.82. The number of nitrogens with zero attached hydrogens (tertiary/aromatic N) is 1. The van der Waals surface area contributed by atoms with E-state index in [1.165, 1.54) is 4.88 Å². The Morgan fingerprint density at radius 2 is 2.00 bits per heavy atom. The summed E-state index contributed by atoms with van der Waals surface area (Å²) in [6.07, 6.45) is 0.998. The van der Waals surface area contributed by atoms with E-state index in [2.05, 4.69) is 29.5 Å². The van der Waals surface area contributed by atoms with E-state index in [1.807, 2.05) is 25.2 Å². The zero-order valence-electron chi connectivity index (χ0n) is 11.0. The molecule has 0 spiro atoms. The predicted molar refractivity (Wildman–Crippen MR) is 72.6 cm³/mol. The number of likely N-dealkylation sites (N-methyl/N-ethyl adjacent to an activating group) is 1. The molecule has 1 heterocycles. The molecule has 4 heteroatoms. The normalized spacial score (nSPS) is 11.6. The van der Waals surface area contributed by atoms with E-state index >= 15 is 0 Å². The van der Waals surface area contributed by atoms with Crippen LogP contribution >= 0.6 is 11.3 Å². The minimum atomic E-state index is -0.0988. The van der Waals surface area contributed by atoms with Gasteiger partial charge in [0.1, 0.15) is 0 Å². The molecule has 0 unspecified atom stereocenters. The summed E-state index contributed by atoms with van der Waals surface area (Å²) in [7, 11) is 2.11. The lowest BCUT2D eigenvalue weighted by molar-refractivity contribution is -0.145. The average Bonchev–Trinajstić information content (AvgIpc) is 2.80. The van der Waals surface area contributed by atoms with Crippen molar-refractivity contribution < 1.29 is 9.47 Å². The molecule has 0 aromatic carbocycles. The third-order valence-corrected chi connectivity index (χ3v) is 3.42. The third kappa shape index (κ3) is 6.17. The summed E-state index contributed by atoms with van der Waals surface area (Å²) < 4.78 is 11.1. The molecule has 0 radical (unpaired) electrons. The summed E-state index contributed by atoms with van der Waals surface area (Å²) in [5.41, 5.74) is 0. The molecular weight excluding hydrogens is 234 g/mol. The Labute approximate surface area is 108 Å². The lowest BCUT2D eigenvalue weighted by Crippen LogP contribution is -2.34. The molecule has 0 fully saturated rings. The quantitative estimate of drug-likeness (QED) is 0.635. The molecule has 3 nitrogen and oxygen atoms in total. The van der Waals surface area contributed by atoms with Crippen LogP contribution in [0.15, 0.2) is 17.5 Å². The molecule has 1 aromatic heterocycles. The minimum absolute atomic E-state index is 0.0988. The maximum Gasteiger partial charge on any atom is 0.170 e. The van der Waals surface area contributed by atoms with Crippen LogP contribution in [-0.2, 0) is 15.9 Å². The molecule has 0 saturated carbocycles. The lowest BCUT2D eigenvalue weighted by Gasteiger charge is -2.23. The van der Waals surface area contributed by atoms with Gasteiger partial charge in [0.15, 0.2) is 6.29 Å². The van der Waals surface area contributed by atoms with E-state index in [1.54, 1.807) is 0 Å². The van der Waals surface area contributed by atoms with Gasteiger partial charge in [-0.2, -0.15) is 0 Å². The van der Waals surface area contributed by atoms with Crippen LogP contribution in [0.2, 0.25) is 0 Å². The van der Waals surface area contributed by atoms with Crippen molar-refractivity contribution in [3.05, 3.63) is 22.4 Å². The Morgan fingerprint density at radius 3 is 2.53 bits per heavy atom. The summed E-state index contributed by atoms with van der Waals surface area (Å²) in [6, 6.07) is 4.28. The number of thiophene rings is 1. The highest BCUT2D eigenvalue weighted by molar-refractivity contribution is 7.09. The van der Waals surface area contributed by atoms with Crippen LogP contribution in [0, 0.1) is 0 Å². The number of hydrogen-bond donors (Lipinski definition) is 0. The van der Waals surface area contributed by atoms with Gasteiger partial charge in [0, 0.05) is 31.2 Å². The predicted octanol–water partition coefficient (Wildman–Crippen LogP) is 2.62. The number of hydrogen-bond acceptors (Lipinski definition) is 4. The molecule has 1 rings (SSSR count). The van der Waals surface area contributed by atoms with E-state index in [4.69, 9.17) is 9.47 Å². The van der Waals surface area contributed by atoms with Gasteiger partial charge in [-0.1, -0.05) is 6.07 Å². The van der Waals surface area contributed by atoms with E-state index in [0.29, 0.717) is 13.2 Å². The highest BCUT2D eigenvalue weighted by atomic mass is 32.1. The zero-order chi connectivity index (χ0) is 12.5. The molecule has 0 aliphatic rings. The third-order valence-electron chi connectivity index (χ3n) is 2.49. The van der Waals surface area contributed by atoms with Gasteiger partial charge in [-0.15, -0.1) is 11.3 Å². The molecule has 1 aromatic rings. The number of ether oxygens (including phenoxy) is 2. The van der Waals surface area contributed by atoms with Crippen molar-refractivity contribution in [1.82, 2.24) is 4.90 Å². The van der Waals surface area contributed by atoms with Crippen molar-refractivity contribution in [2.24, 2.45) is 0 Å². The molecular formula is C13H23NO2S. The van der Waals surface area contributed by atoms with Gasteiger partial charge in [0.05, 0.1) is 0 Å². The highest BCUT2D eigenvalue weighted by Crippen LogP contribution is 2.09. The topological polar surface area (TPSA) is 21.7 Å². The molecule has 0 atom stereocenters. The van der Waals surface area contributed by atoms with Gasteiger partial charge in [-0.05, 0) is 38.8 Å². The van der Waals surface area contributed by atoms with E-state index in [-0.39, 0.29) is 6.29 Å². The highest BCUT2D eigenvalue weighted by Gasteiger charge is 2.11.